The molecule has 5 rings (SSSR count). The van der Waals surface area contributed by atoms with Gasteiger partial charge in [-0.15, -0.1) is 0 Å². The zero-order chi connectivity index (χ0) is 24.3. The summed E-state index contributed by atoms with van der Waals surface area (Å²) in [7, 11) is 0. The number of hydrogen-bond acceptors (Lipinski definition) is 3. The van der Waals surface area contributed by atoms with Crippen LogP contribution in [0.15, 0.2) is 109 Å². The van der Waals surface area contributed by atoms with Gasteiger partial charge in [-0.2, -0.15) is 0 Å². The fourth-order valence-electron chi connectivity index (χ4n) is 4.90. The van der Waals surface area contributed by atoms with E-state index >= 15 is 0 Å². The maximum atomic E-state index is 13.1. The summed E-state index contributed by atoms with van der Waals surface area (Å²) in [6.45, 7) is 0.107. The first-order valence-electron chi connectivity index (χ1n) is 11.5. The third-order valence-corrected chi connectivity index (χ3v) is 6.60. The van der Waals surface area contributed by atoms with Crippen molar-refractivity contribution in [2.24, 2.45) is 0 Å². The van der Waals surface area contributed by atoms with Crippen LogP contribution in [0.4, 0.5) is 4.79 Å². The lowest BCUT2D eigenvalue weighted by atomic mass is 9.84. The van der Waals surface area contributed by atoms with Crippen LogP contribution in [0.2, 0.25) is 0 Å². The summed E-state index contributed by atoms with van der Waals surface area (Å²) in [5.41, 5.74) is 4.04. The summed E-state index contributed by atoms with van der Waals surface area (Å²) in [4.78, 5) is 25.8. The van der Waals surface area contributed by atoms with E-state index < -0.39 is 17.6 Å². The molecule has 1 aliphatic rings. The van der Waals surface area contributed by atoms with E-state index in [0.717, 1.165) is 27.8 Å². The summed E-state index contributed by atoms with van der Waals surface area (Å²) in [6.07, 6.45) is -0.689. The predicted octanol–water partition coefficient (Wildman–Crippen LogP) is 5.75. The normalized spacial score (nSPS) is 13.8. The molecule has 1 aliphatic carbocycles. The Labute approximate surface area is 204 Å². The Bertz CT molecular complexity index is 1310. The first kappa shape index (κ1) is 22.4. The molecule has 0 bridgehead atoms. The van der Waals surface area contributed by atoms with Crippen molar-refractivity contribution in [2.75, 3.05) is 6.61 Å². The highest BCUT2D eigenvalue weighted by Crippen LogP contribution is 2.44. The average Bonchev–Trinajstić information content (AvgIpc) is 3.22. The molecule has 1 atom stereocenters. The first-order valence-corrected chi connectivity index (χ1v) is 11.5. The molecule has 4 aromatic carbocycles. The number of hydrogen-bond donors (Lipinski definition) is 2. The highest BCUT2D eigenvalue weighted by Gasteiger charge is 2.43. The minimum Gasteiger partial charge on any atom is -0.479 e. The van der Waals surface area contributed by atoms with Gasteiger partial charge in [0.15, 0.2) is 5.54 Å². The second-order valence-corrected chi connectivity index (χ2v) is 8.69. The molecule has 0 fully saturated rings. The Morgan fingerprint density at radius 2 is 1.26 bits per heavy atom. The lowest BCUT2D eigenvalue weighted by Gasteiger charge is -2.31. The third-order valence-electron chi connectivity index (χ3n) is 6.60. The van der Waals surface area contributed by atoms with E-state index in [0.29, 0.717) is 5.56 Å². The molecule has 0 saturated carbocycles. The van der Waals surface area contributed by atoms with E-state index in [1.165, 1.54) is 0 Å². The molecule has 0 spiro atoms. The zero-order valence-corrected chi connectivity index (χ0v) is 19.1. The highest BCUT2D eigenvalue weighted by atomic mass is 16.5. The smallest absolute Gasteiger partial charge is 0.408 e. The highest BCUT2D eigenvalue weighted by molar-refractivity contribution is 5.86. The van der Waals surface area contributed by atoms with Crippen LogP contribution >= 0.6 is 0 Å². The molecule has 1 amide bonds. The Hall–Kier alpha value is -4.38. The number of carbonyl (C=O) groups excluding carboxylic acids is 1. The predicted molar refractivity (Wildman–Crippen MR) is 134 cm³/mol. The van der Waals surface area contributed by atoms with Crippen molar-refractivity contribution in [1.29, 1.82) is 0 Å². The number of amides is 1. The topological polar surface area (TPSA) is 75.6 Å². The van der Waals surface area contributed by atoms with Crippen molar-refractivity contribution in [3.05, 3.63) is 131 Å². The van der Waals surface area contributed by atoms with E-state index in [9.17, 15) is 14.7 Å². The van der Waals surface area contributed by atoms with Crippen LogP contribution < -0.4 is 5.32 Å². The van der Waals surface area contributed by atoms with Crippen LogP contribution in [0.3, 0.4) is 0 Å². The van der Waals surface area contributed by atoms with Gasteiger partial charge in [0.1, 0.15) is 6.61 Å². The van der Waals surface area contributed by atoms with Gasteiger partial charge in [-0.05, 0) is 33.4 Å². The fraction of sp³-hybridized carbons (Fsp3) is 0.133. The molecule has 174 valence electrons. The van der Waals surface area contributed by atoms with Gasteiger partial charge in [-0.25, -0.2) is 9.59 Å². The minimum atomic E-state index is -1.68. The Morgan fingerprint density at radius 1 is 0.743 bits per heavy atom. The monoisotopic (exact) mass is 463 g/mol. The number of alkyl carbamates (subject to hydrolysis) is 1. The number of nitrogens with one attached hydrogen (secondary N) is 1. The van der Waals surface area contributed by atoms with Crippen LogP contribution in [0, 0.1) is 0 Å². The van der Waals surface area contributed by atoms with E-state index in [2.05, 4.69) is 17.4 Å². The van der Waals surface area contributed by atoms with Gasteiger partial charge in [0.2, 0.25) is 0 Å². The molecule has 0 aromatic heterocycles. The van der Waals surface area contributed by atoms with Crippen LogP contribution in [-0.4, -0.2) is 23.8 Å². The van der Waals surface area contributed by atoms with Crippen LogP contribution in [0.1, 0.15) is 28.2 Å². The SMILES string of the molecule is O=C(NC(Cc1ccccc1)(C(=O)O)c1ccccc1)OCC1c2ccccc2-c2ccccc21. The molecule has 0 saturated heterocycles. The second kappa shape index (κ2) is 9.47. The standard InChI is InChI=1S/C30H25NO4/c32-28(33)30(22-13-5-2-6-14-22,19-21-11-3-1-4-12-21)31-29(34)35-20-27-25-17-9-7-15-23(25)24-16-8-10-18-26(24)27/h1-18,27H,19-20H2,(H,31,34)(H,32,33). The van der Waals surface area contributed by atoms with Crippen molar-refractivity contribution in [3.63, 3.8) is 0 Å². The summed E-state index contributed by atoms with van der Waals surface area (Å²) < 4.78 is 5.69. The lowest BCUT2D eigenvalue weighted by Crippen LogP contribution is -2.53. The average molecular weight is 464 g/mol. The molecule has 0 aliphatic heterocycles. The molecular formula is C30H25NO4. The number of benzene rings is 4. The van der Waals surface area contributed by atoms with Gasteiger partial charge in [0, 0.05) is 12.3 Å². The number of fused-ring (bicyclic) bond motifs is 3. The number of carbonyl (C=O) groups is 2. The Kier molecular flexibility index (Phi) is 6.06. The summed E-state index contributed by atoms with van der Waals surface area (Å²) >= 11 is 0. The molecule has 35 heavy (non-hydrogen) atoms. The molecule has 2 N–H and O–H groups in total. The lowest BCUT2D eigenvalue weighted by molar-refractivity contribution is -0.145. The van der Waals surface area contributed by atoms with Crippen LogP contribution in [-0.2, 0) is 21.5 Å². The maximum absolute atomic E-state index is 13.1. The van der Waals surface area contributed by atoms with Crippen LogP contribution in [0.5, 0.6) is 0 Å². The largest absolute Gasteiger partial charge is 0.479 e. The fourth-order valence-corrected chi connectivity index (χ4v) is 4.90. The van der Waals surface area contributed by atoms with Crippen molar-refractivity contribution in [1.82, 2.24) is 5.32 Å². The number of carboxylic acid groups (broad SMARTS) is 1. The van der Waals surface area contributed by atoms with Gasteiger partial charge in [-0.3, -0.25) is 0 Å². The molecule has 1 unspecified atom stereocenters. The van der Waals surface area contributed by atoms with Crippen molar-refractivity contribution in [3.8, 4) is 11.1 Å². The van der Waals surface area contributed by atoms with Crippen molar-refractivity contribution < 1.29 is 19.4 Å². The van der Waals surface area contributed by atoms with E-state index in [-0.39, 0.29) is 18.9 Å². The first-order chi connectivity index (χ1) is 17.1. The molecule has 5 heteroatoms. The number of ether oxygens (including phenoxy) is 1. The van der Waals surface area contributed by atoms with Gasteiger partial charge < -0.3 is 15.2 Å². The Morgan fingerprint density at radius 3 is 1.83 bits per heavy atom. The van der Waals surface area contributed by atoms with Crippen LogP contribution in [0.25, 0.3) is 11.1 Å². The van der Waals surface area contributed by atoms with Gasteiger partial charge in [-0.1, -0.05) is 109 Å². The van der Waals surface area contributed by atoms with Gasteiger partial charge >= 0.3 is 12.1 Å². The third kappa shape index (κ3) is 4.28. The summed E-state index contributed by atoms with van der Waals surface area (Å²) in [6, 6.07) is 34.2. The van der Waals surface area contributed by atoms with Crippen molar-refractivity contribution >= 4 is 12.1 Å². The molecular weight excluding hydrogens is 438 g/mol. The molecule has 0 radical (unpaired) electrons. The Balaban J connectivity index is 1.41. The number of carboxylic acids is 1. The quantitative estimate of drug-likeness (QED) is 0.366. The van der Waals surface area contributed by atoms with Crippen molar-refractivity contribution in [2.45, 2.75) is 17.9 Å². The maximum Gasteiger partial charge on any atom is 0.408 e. The minimum absolute atomic E-state index is 0.0807. The summed E-state index contributed by atoms with van der Waals surface area (Å²) in [5.74, 6) is -1.26. The summed E-state index contributed by atoms with van der Waals surface area (Å²) in [5, 5.41) is 13.1. The van der Waals surface area contributed by atoms with Gasteiger partial charge in [0.25, 0.3) is 0 Å². The zero-order valence-electron chi connectivity index (χ0n) is 19.1. The molecule has 4 aromatic rings. The van der Waals surface area contributed by atoms with Gasteiger partial charge in [0.05, 0.1) is 0 Å². The van der Waals surface area contributed by atoms with E-state index in [4.69, 9.17) is 4.74 Å². The van der Waals surface area contributed by atoms with E-state index in [1.807, 2.05) is 72.8 Å². The molecule has 5 nitrogen and oxygen atoms in total. The van der Waals surface area contributed by atoms with E-state index in [1.54, 1.807) is 24.3 Å². The number of rotatable bonds is 7. The second-order valence-electron chi connectivity index (χ2n) is 8.69. The number of aliphatic carboxylic acids is 1. The molecule has 0 heterocycles.